The Morgan fingerprint density at radius 2 is 1.87 bits per heavy atom. The van der Waals surface area contributed by atoms with Crippen molar-refractivity contribution in [2.45, 2.75) is 49.8 Å². The van der Waals surface area contributed by atoms with Crippen molar-refractivity contribution < 1.29 is 8.82 Å². The van der Waals surface area contributed by atoms with Crippen molar-refractivity contribution in [3.05, 3.63) is 46.9 Å². The van der Waals surface area contributed by atoms with Gasteiger partial charge in [-0.05, 0) is 56.6 Å². The molecule has 1 aliphatic carbocycles. The molecular formula is C17H21FN2OSSi. The van der Waals surface area contributed by atoms with E-state index in [1.54, 1.807) is 23.9 Å². The third-order valence-electron chi connectivity index (χ3n) is 3.56. The minimum atomic E-state index is -1.70. The molecule has 0 bridgehead atoms. The number of nitrogens with zero attached hydrogens (tertiary/aromatic N) is 2. The highest BCUT2D eigenvalue weighted by molar-refractivity contribution is 7.98. The van der Waals surface area contributed by atoms with E-state index in [1.165, 1.54) is 17.7 Å². The molecule has 122 valence electrons. The summed E-state index contributed by atoms with van der Waals surface area (Å²) >= 11 is 1.58. The minimum Gasteiger partial charge on any atom is -0.531 e. The molecule has 0 aliphatic heterocycles. The first kappa shape index (κ1) is 16.5. The first-order chi connectivity index (χ1) is 10.9. The van der Waals surface area contributed by atoms with E-state index in [-0.39, 0.29) is 5.82 Å². The van der Waals surface area contributed by atoms with E-state index in [9.17, 15) is 4.39 Å². The summed E-state index contributed by atoms with van der Waals surface area (Å²) in [6, 6.07) is 6.57. The number of hydrogen-bond acceptors (Lipinski definition) is 4. The van der Waals surface area contributed by atoms with Gasteiger partial charge in [0.1, 0.15) is 5.82 Å². The fraction of sp³-hybridized carbons (Fsp3) is 0.412. The predicted octanol–water partition coefficient (Wildman–Crippen LogP) is 4.61. The smallest absolute Gasteiger partial charge is 0.244 e. The fourth-order valence-electron chi connectivity index (χ4n) is 2.54. The van der Waals surface area contributed by atoms with Gasteiger partial charge in [0.15, 0.2) is 5.16 Å². The molecule has 0 amide bonds. The van der Waals surface area contributed by atoms with Gasteiger partial charge in [-0.2, -0.15) is 4.98 Å². The van der Waals surface area contributed by atoms with Gasteiger partial charge in [-0.25, -0.2) is 9.37 Å². The average molecular weight is 349 g/mol. The van der Waals surface area contributed by atoms with E-state index in [2.05, 4.69) is 29.6 Å². The van der Waals surface area contributed by atoms with Crippen molar-refractivity contribution in [3.8, 4) is 5.88 Å². The van der Waals surface area contributed by atoms with Crippen molar-refractivity contribution in [1.29, 1.82) is 0 Å². The summed E-state index contributed by atoms with van der Waals surface area (Å²) in [6.07, 6.45) is 3.14. The van der Waals surface area contributed by atoms with Gasteiger partial charge < -0.3 is 4.43 Å². The first-order valence-corrected chi connectivity index (χ1v) is 12.3. The molecule has 1 aromatic carbocycles. The maximum absolute atomic E-state index is 13.0. The van der Waals surface area contributed by atoms with Gasteiger partial charge in [-0.3, -0.25) is 0 Å². The van der Waals surface area contributed by atoms with Gasteiger partial charge in [-0.15, -0.1) is 0 Å². The molecule has 3 rings (SSSR count). The summed E-state index contributed by atoms with van der Waals surface area (Å²) in [4.78, 5) is 9.34. The molecule has 1 aromatic heterocycles. The zero-order valence-electron chi connectivity index (χ0n) is 13.7. The van der Waals surface area contributed by atoms with Gasteiger partial charge in [0.25, 0.3) is 0 Å². The van der Waals surface area contributed by atoms with Gasteiger partial charge in [-0.1, -0.05) is 23.9 Å². The van der Waals surface area contributed by atoms with Crippen LogP contribution >= 0.6 is 11.8 Å². The number of aromatic nitrogens is 2. The van der Waals surface area contributed by atoms with Crippen LogP contribution in [0.1, 0.15) is 23.2 Å². The van der Waals surface area contributed by atoms with Crippen LogP contribution < -0.4 is 4.43 Å². The second kappa shape index (κ2) is 6.61. The Kier molecular flexibility index (Phi) is 4.73. The zero-order chi connectivity index (χ0) is 16.4. The third-order valence-corrected chi connectivity index (χ3v) is 5.28. The quantitative estimate of drug-likeness (QED) is 0.449. The molecule has 0 saturated carbocycles. The Balaban J connectivity index is 1.79. The maximum atomic E-state index is 13.0. The molecule has 0 atom stereocenters. The summed E-state index contributed by atoms with van der Waals surface area (Å²) in [5, 5.41) is 0.753. The van der Waals surface area contributed by atoms with Crippen LogP contribution in [-0.4, -0.2) is 18.3 Å². The average Bonchev–Trinajstić information content (AvgIpc) is 2.94. The number of hydrogen-bond donors (Lipinski definition) is 0. The van der Waals surface area contributed by atoms with Crippen LogP contribution in [0.15, 0.2) is 29.4 Å². The highest BCUT2D eigenvalue weighted by atomic mass is 32.2. The number of thioether (sulfide) groups is 1. The van der Waals surface area contributed by atoms with Gasteiger partial charge in [0.05, 0.1) is 5.69 Å². The van der Waals surface area contributed by atoms with Crippen LogP contribution in [0.25, 0.3) is 0 Å². The van der Waals surface area contributed by atoms with Crippen molar-refractivity contribution in [2.24, 2.45) is 0 Å². The van der Waals surface area contributed by atoms with Crippen molar-refractivity contribution in [2.75, 3.05) is 0 Å². The SMILES string of the molecule is C[Si](C)(C)Oc1nc(SCc2ccc(F)cc2)nc2c1CCC2. The molecule has 0 unspecified atom stereocenters. The molecule has 0 saturated heterocycles. The van der Waals surface area contributed by atoms with Crippen LogP contribution in [0, 0.1) is 5.82 Å². The van der Waals surface area contributed by atoms with E-state index in [0.29, 0.717) is 0 Å². The Morgan fingerprint density at radius 3 is 2.57 bits per heavy atom. The standard InChI is InChI=1S/C17H21FN2OSSi/c1-23(2,3)21-16-14-5-4-6-15(14)19-17(20-16)22-11-12-7-9-13(18)10-8-12/h7-10H,4-6,11H2,1-3H3. The molecule has 0 spiro atoms. The monoisotopic (exact) mass is 348 g/mol. The Hall–Kier alpha value is -1.40. The van der Waals surface area contributed by atoms with Crippen LogP contribution in [0.3, 0.4) is 0 Å². The molecule has 0 N–H and O–H groups in total. The molecule has 0 fully saturated rings. The van der Waals surface area contributed by atoms with E-state index in [0.717, 1.165) is 47.3 Å². The van der Waals surface area contributed by atoms with E-state index in [1.807, 2.05) is 0 Å². The number of rotatable bonds is 5. The van der Waals surface area contributed by atoms with Crippen LogP contribution in [0.4, 0.5) is 4.39 Å². The molecule has 3 nitrogen and oxygen atoms in total. The molecule has 0 radical (unpaired) electrons. The lowest BCUT2D eigenvalue weighted by Crippen LogP contribution is -2.30. The summed E-state index contributed by atoms with van der Waals surface area (Å²) < 4.78 is 19.1. The topological polar surface area (TPSA) is 35.0 Å². The highest BCUT2D eigenvalue weighted by Crippen LogP contribution is 2.32. The molecule has 1 heterocycles. The van der Waals surface area contributed by atoms with Crippen LogP contribution in [0.5, 0.6) is 5.88 Å². The highest BCUT2D eigenvalue weighted by Gasteiger charge is 2.25. The third kappa shape index (κ3) is 4.32. The molecule has 2 aromatic rings. The largest absolute Gasteiger partial charge is 0.531 e. The molecule has 6 heteroatoms. The van der Waals surface area contributed by atoms with Crippen molar-refractivity contribution >= 4 is 20.1 Å². The lowest BCUT2D eigenvalue weighted by Gasteiger charge is -2.20. The normalized spacial score (nSPS) is 13.9. The zero-order valence-corrected chi connectivity index (χ0v) is 15.5. The predicted molar refractivity (Wildman–Crippen MR) is 94.0 cm³/mol. The van der Waals surface area contributed by atoms with Crippen molar-refractivity contribution in [3.63, 3.8) is 0 Å². The summed E-state index contributed by atoms with van der Waals surface area (Å²) in [5.41, 5.74) is 3.39. The Bertz CT molecular complexity index is 701. The number of fused-ring (bicyclic) bond motifs is 1. The Labute approximate surface area is 141 Å². The summed E-state index contributed by atoms with van der Waals surface area (Å²) in [6.45, 7) is 6.51. The van der Waals surface area contributed by atoms with E-state index in [4.69, 9.17) is 4.43 Å². The van der Waals surface area contributed by atoms with Crippen molar-refractivity contribution in [1.82, 2.24) is 9.97 Å². The first-order valence-electron chi connectivity index (χ1n) is 7.87. The van der Waals surface area contributed by atoms with Gasteiger partial charge in [0.2, 0.25) is 14.2 Å². The van der Waals surface area contributed by atoms with Gasteiger partial charge in [0, 0.05) is 11.3 Å². The van der Waals surface area contributed by atoms with Gasteiger partial charge >= 0.3 is 0 Å². The molecule has 23 heavy (non-hydrogen) atoms. The van der Waals surface area contributed by atoms with E-state index >= 15 is 0 Å². The van der Waals surface area contributed by atoms with Crippen LogP contribution in [-0.2, 0) is 18.6 Å². The minimum absolute atomic E-state index is 0.210. The lowest BCUT2D eigenvalue weighted by molar-refractivity contribution is 0.515. The lowest BCUT2D eigenvalue weighted by atomic mass is 10.2. The molecular weight excluding hydrogens is 327 g/mol. The fourth-order valence-corrected chi connectivity index (χ4v) is 4.10. The second-order valence-corrected chi connectivity index (χ2v) is 12.1. The Morgan fingerprint density at radius 1 is 1.13 bits per heavy atom. The molecule has 1 aliphatic rings. The van der Waals surface area contributed by atoms with Crippen LogP contribution in [0.2, 0.25) is 19.6 Å². The summed E-state index contributed by atoms with van der Waals surface area (Å²) in [5.74, 6) is 1.30. The number of benzene rings is 1. The summed E-state index contributed by atoms with van der Waals surface area (Å²) in [7, 11) is -1.70. The number of halogens is 1. The maximum Gasteiger partial charge on any atom is 0.244 e. The number of aryl methyl sites for hydroxylation is 1. The second-order valence-electron chi connectivity index (χ2n) is 6.72. The van der Waals surface area contributed by atoms with E-state index < -0.39 is 8.32 Å².